The molecule has 3 heteroatoms. The average Bonchev–Trinajstić information content (AvgIpc) is 2.20. The molecule has 0 aromatic heterocycles. The standard InChI is InChI=1S/C11H15ClO2/c1-7-5-10(13-3)8(2)11(14-4)9(7)6-12/h5H,6H2,1-4H3. The molecular weight excluding hydrogens is 200 g/mol. The number of hydrogen-bond donors (Lipinski definition) is 0. The lowest BCUT2D eigenvalue weighted by molar-refractivity contribution is 0.386. The lowest BCUT2D eigenvalue weighted by Crippen LogP contribution is -1.99. The second kappa shape index (κ2) is 4.56. The molecule has 0 bridgehead atoms. The van der Waals surface area contributed by atoms with E-state index in [0.29, 0.717) is 5.88 Å². The fourth-order valence-corrected chi connectivity index (χ4v) is 1.90. The smallest absolute Gasteiger partial charge is 0.130 e. The van der Waals surface area contributed by atoms with E-state index in [4.69, 9.17) is 21.1 Å². The zero-order chi connectivity index (χ0) is 10.7. The van der Waals surface area contributed by atoms with Gasteiger partial charge in [0, 0.05) is 11.1 Å². The number of methoxy groups -OCH3 is 2. The first kappa shape index (κ1) is 11.2. The monoisotopic (exact) mass is 214 g/mol. The molecule has 0 saturated heterocycles. The molecule has 1 rings (SSSR count). The number of aryl methyl sites for hydroxylation is 1. The first-order valence-electron chi connectivity index (χ1n) is 4.42. The van der Waals surface area contributed by atoms with Gasteiger partial charge in [-0.2, -0.15) is 0 Å². The van der Waals surface area contributed by atoms with E-state index in [1.807, 2.05) is 19.9 Å². The fraction of sp³-hybridized carbons (Fsp3) is 0.455. The van der Waals surface area contributed by atoms with E-state index in [1.165, 1.54) is 0 Å². The van der Waals surface area contributed by atoms with Gasteiger partial charge in [-0.15, -0.1) is 11.6 Å². The molecular formula is C11H15ClO2. The second-order valence-corrected chi connectivity index (χ2v) is 3.43. The van der Waals surface area contributed by atoms with Gasteiger partial charge in [0.1, 0.15) is 11.5 Å². The number of benzene rings is 1. The van der Waals surface area contributed by atoms with Crippen molar-refractivity contribution < 1.29 is 9.47 Å². The highest BCUT2D eigenvalue weighted by Crippen LogP contribution is 2.34. The number of halogens is 1. The highest BCUT2D eigenvalue weighted by Gasteiger charge is 2.13. The van der Waals surface area contributed by atoms with E-state index in [0.717, 1.165) is 28.2 Å². The van der Waals surface area contributed by atoms with E-state index in [2.05, 4.69) is 0 Å². The van der Waals surface area contributed by atoms with Crippen LogP contribution in [-0.2, 0) is 5.88 Å². The molecule has 0 fully saturated rings. The Kier molecular flexibility index (Phi) is 3.64. The van der Waals surface area contributed by atoms with Gasteiger partial charge in [0.15, 0.2) is 0 Å². The minimum Gasteiger partial charge on any atom is -0.496 e. The molecule has 0 saturated carbocycles. The van der Waals surface area contributed by atoms with Crippen molar-refractivity contribution in [3.05, 3.63) is 22.8 Å². The van der Waals surface area contributed by atoms with Gasteiger partial charge < -0.3 is 9.47 Å². The lowest BCUT2D eigenvalue weighted by Gasteiger charge is -2.15. The second-order valence-electron chi connectivity index (χ2n) is 3.17. The highest BCUT2D eigenvalue weighted by atomic mass is 35.5. The number of ether oxygens (including phenoxy) is 2. The molecule has 0 aliphatic rings. The third-order valence-corrected chi connectivity index (χ3v) is 2.63. The van der Waals surface area contributed by atoms with Crippen molar-refractivity contribution in [2.75, 3.05) is 14.2 Å². The van der Waals surface area contributed by atoms with Gasteiger partial charge in [-0.25, -0.2) is 0 Å². The third kappa shape index (κ3) is 1.80. The maximum atomic E-state index is 5.86. The van der Waals surface area contributed by atoms with Gasteiger partial charge in [0.2, 0.25) is 0 Å². The Bertz CT molecular complexity index is 335. The minimum atomic E-state index is 0.458. The summed E-state index contributed by atoms with van der Waals surface area (Å²) in [6.45, 7) is 3.97. The summed E-state index contributed by atoms with van der Waals surface area (Å²) < 4.78 is 10.6. The Morgan fingerprint density at radius 3 is 2.29 bits per heavy atom. The van der Waals surface area contributed by atoms with E-state index >= 15 is 0 Å². The van der Waals surface area contributed by atoms with Crippen molar-refractivity contribution >= 4 is 11.6 Å². The maximum absolute atomic E-state index is 5.86. The molecule has 0 amide bonds. The van der Waals surface area contributed by atoms with Crippen molar-refractivity contribution in [1.82, 2.24) is 0 Å². The molecule has 14 heavy (non-hydrogen) atoms. The largest absolute Gasteiger partial charge is 0.496 e. The third-order valence-electron chi connectivity index (χ3n) is 2.37. The van der Waals surface area contributed by atoms with Gasteiger partial charge in [-0.05, 0) is 25.5 Å². The summed E-state index contributed by atoms with van der Waals surface area (Å²) in [6.07, 6.45) is 0. The molecule has 0 unspecified atom stereocenters. The van der Waals surface area contributed by atoms with E-state index < -0.39 is 0 Å². The predicted molar refractivity (Wildman–Crippen MR) is 58.6 cm³/mol. The molecule has 0 heterocycles. The number of alkyl halides is 1. The molecule has 78 valence electrons. The molecule has 0 radical (unpaired) electrons. The summed E-state index contributed by atoms with van der Waals surface area (Å²) in [5.41, 5.74) is 3.13. The molecule has 0 aliphatic heterocycles. The predicted octanol–water partition coefficient (Wildman–Crippen LogP) is 3.06. The molecule has 1 aromatic rings. The molecule has 1 aromatic carbocycles. The number of rotatable bonds is 3. The van der Waals surface area contributed by atoms with Gasteiger partial charge in [0.05, 0.1) is 20.1 Å². The normalized spacial score (nSPS) is 10.1. The SMILES string of the molecule is COc1cc(C)c(CCl)c(OC)c1C. The lowest BCUT2D eigenvalue weighted by atomic mass is 10.0. The fourth-order valence-electron chi connectivity index (χ4n) is 1.56. The Morgan fingerprint density at radius 1 is 1.21 bits per heavy atom. The molecule has 0 atom stereocenters. The van der Waals surface area contributed by atoms with Gasteiger partial charge in [-0.1, -0.05) is 0 Å². The van der Waals surface area contributed by atoms with Crippen LogP contribution in [0.25, 0.3) is 0 Å². The van der Waals surface area contributed by atoms with Crippen molar-refractivity contribution in [3.8, 4) is 11.5 Å². The van der Waals surface area contributed by atoms with Crippen LogP contribution in [-0.4, -0.2) is 14.2 Å². The van der Waals surface area contributed by atoms with Crippen LogP contribution in [0.2, 0.25) is 0 Å². The van der Waals surface area contributed by atoms with Crippen molar-refractivity contribution in [2.24, 2.45) is 0 Å². The minimum absolute atomic E-state index is 0.458. The van der Waals surface area contributed by atoms with Crippen LogP contribution in [0.15, 0.2) is 6.07 Å². The van der Waals surface area contributed by atoms with Crippen molar-refractivity contribution in [2.45, 2.75) is 19.7 Å². The Hall–Kier alpha value is -0.890. The van der Waals surface area contributed by atoms with Crippen LogP contribution < -0.4 is 9.47 Å². The summed E-state index contributed by atoms with van der Waals surface area (Å²) in [4.78, 5) is 0. The van der Waals surface area contributed by atoms with Crippen LogP contribution in [0.4, 0.5) is 0 Å². The summed E-state index contributed by atoms with van der Waals surface area (Å²) >= 11 is 5.86. The van der Waals surface area contributed by atoms with E-state index in [9.17, 15) is 0 Å². The first-order valence-corrected chi connectivity index (χ1v) is 4.96. The Morgan fingerprint density at radius 2 is 1.86 bits per heavy atom. The Balaban J connectivity index is 3.40. The summed E-state index contributed by atoms with van der Waals surface area (Å²) in [5.74, 6) is 2.13. The quantitative estimate of drug-likeness (QED) is 0.720. The van der Waals surface area contributed by atoms with Crippen LogP contribution in [0.5, 0.6) is 11.5 Å². The number of hydrogen-bond acceptors (Lipinski definition) is 2. The summed E-state index contributed by atoms with van der Waals surface area (Å²) in [6, 6.07) is 1.98. The van der Waals surface area contributed by atoms with Gasteiger partial charge >= 0.3 is 0 Å². The summed E-state index contributed by atoms with van der Waals surface area (Å²) in [5, 5.41) is 0. The summed E-state index contributed by atoms with van der Waals surface area (Å²) in [7, 11) is 3.30. The average molecular weight is 215 g/mol. The van der Waals surface area contributed by atoms with E-state index in [-0.39, 0.29) is 0 Å². The van der Waals surface area contributed by atoms with Crippen molar-refractivity contribution in [1.29, 1.82) is 0 Å². The molecule has 0 spiro atoms. The van der Waals surface area contributed by atoms with Gasteiger partial charge in [-0.3, -0.25) is 0 Å². The molecule has 0 aliphatic carbocycles. The van der Waals surface area contributed by atoms with Crippen LogP contribution in [0, 0.1) is 13.8 Å². The molecule has 2 nitrogen and oxygen atoms in total. The van der Waals surface area contributed by atoms with Crippen LogP contribution in [0.3, 0.4) is 0 Å². The van der Waals surface area contributed by atoms with E-state index in [1.54, 1.807) is 14.2 Å². The first-order chi connectivity index (χ1) is 6.65. The van der Waals surface area contributed by atoms with Crippen LogP contribution in [0.1, 0.15) is 16.7 Å². The zero-order valence-corrected chi connectivity index (χ0v) is 9.73. The zero-order valence-electron chi connectivity index (χ0n) is 8.98. The topological polar surface area (TPSA) is 18.5 Å². The van der Waals surface area contributed by atoms with Crippen molar-refractivity contribution in [3.63, 3.8) is 0 Å². The maximum Gasteiger partial charge on any atom is 0.130 e. The highest BCUT2D eigenvalue weighted by molar-refractivity contribution is 6.17. The Labute approximate surface area is 89.8 Å². The van der Waals surface area contributed by atoms with Gasteiger partial charge in [0.25, 0.3) is 0 Å². The van der Waals surface area contributed by atoms with Crippen LogP contribution >= 0.6 is 11.6 Å². The molecule has 0 N–H and O–H groups in total.